The minimum atomic E-state index is -0.00969. The van der Waals surface area contributed by atoms with Crippen molar-refractivity contribution in [2.75, 3.05) is 6.61 Å². The van der Waals surface area contributed by atoms with Crippen LogP contribution in [0.3, 0.4) is 0 Å². The fourth-order valence-corrected chi connectivity index (χ4v) is 3.31. The van der Waals surface area contributed by atoms with Gasteiger partial charge in [0.05, 0.1) is 12.2 Å². The number of hydrogen-bond donors (Lipinski definition) is 1. The molecule has 1 saturated heterocycles. The van der Waals surface area contributed by atoms with Crippen molar-refractivity contribution in [3.63, 3.8) is 0 Å². The summed E-state index contributed by atoms with van der Waals surface area (Å²) < 4.78 is 13.1. The number of nitrogens with one attached hydrogen (secondary N) is 1. The van der Waals surface area contributed by atoms with Crippen LogP contribution in [0, 0.1) is 13.8 Å². The standard InChI is InChI=1S/C18H22N6O2/c1-11-4-6-19-15(8-11)18-21-16(26-23-18)9-20-14-5-7-25-17(14)13-10-24(3)22-12(13)2/h4,6,8,10,14,17,20H,5,7,9H2,1-3H3/t14-,17+/m0/s1. The topological polar surface area (TPSA) is 90.9 Å². The van der Waals surface area contributed by atoms with Crippen molar-refractivity contribution in [2.24, 2.45) is 7.05 Å². The maximum Gasteiger partial charge on any atom is 0.240 e. The summed E-state index contributed by atoms with van der Waals surface area (Å²) in [6.07, 6.45) is 4.69. The Balaban J connectivity index is 1.43. The minimum absolute atomic E-state index is 0.00969. The number of nitrogens with zero attached hydrogens (tertiary/aromatic N) is 5. The summed E-state index contributed by atoms with van der Waals surface area (Å²) in [5.41, 5.74) is 3.94. The van der Waals surface area contributed by atoms with Crippen molar-refractivity contribution in [3.05, 3.63) is 47.2 Å². The van der Waals surface area contributed by atoms with Crippen molar-refractivity contribution < 1.29 is 9.26 Å². The summed E-state index contributed by atoms with van der Waals surface area (Å²) in [6, 6.07) is 4.06. The Morgan fingerprint density at radius 2 is 2.23 bits per heavy atom. The zero-order valence-electron chi connectivity index (χ0n) is 15.1. The number of ether oxygens (including phenoxy) is 1. The van der Waals surface area contributed by atoms with E-state index in [1.807, 2.05) is 43.9 Å². The van der Waals surface area contributed by atoms with Crippen LogP contribution in [-0.2, 0) is 18.3 Å². The largest absolute Gasteiger partial charge is 0.372 e. The van der Waals surface area contributed by atoms with Gasteiger partial charge in [0.1, 0.15) is 11.8 Å². The normalized spacial score (nSPS) is 20.0. The molecule has 0 aliphatic carbocycles. The Kier molecular flexibility index (Phi) is 4.52. The van der Waals surface area contributed by atoms with Crippen molar-refractivity contribution >= 4 is 0 Å². The Morgan fingerprint density at radius 3 is 3.00 bits per heavy atom. The van der Waals surface area contributed by atoms with Crippen molar-refractivity contribution in [2.45, 2.75) is 39.0 Å². The molecule has 0 bridgehead atoms. The second-order valence-electron chi connectivity index (χ2n) is 6.64. The lowest BCUT2D eigenvalue weighted by Crippen LogP contribution is -2.31. The molecule has 8 heteroatoms. The monoisotopic (exact) mass is 354 g/mol. The third-order valence-corrected chi connectivity index (χ3v) is 4.58. The van der Waals surface area contributed by atoms with Gasteiger partial charge in [0.25, 0.3) is 0 Å². The first-order valence-electron chi connectivity index (χ1n) is 8.71. The van der Waals surface area contributed by atoms with E-state index in [-0.39, 0.29) is 12.1 Å². The van der Waals surface area contributed by atoms with E-state index in [1.54, 1.807) is 6.20 Å². The molecule has 0 spiro atoms. The van der Waals surface area contributed by atoms with Gasteiger partial charge in [0.2, 0.25) is 11.7 Å². The molecule has 3 aromatic rings. The number of aromatic nitrogens is 5. The molecule has 1 aliphatic rings. The van der Waals surface area contributed by atoms with E-state index in [0.717, 1.165) is 29.8 Å². The van der Waals surface area contributed by atoms with Crippen LogP contribution in [0.25, 0.3) is 11.5 Å². The Labute approximate surface area is 151 Å². The van der Waals surface area contributed by atoms with Crippen molar-refractivity contribution in [1.29, 1.82) is 0 Å². The molecule has 4 heterocycles. The summed E-state index contributed by atoms with van der Waals surface area (Å²) in [7, 11) is 1.92. The van der Waals surface area contributed by atoms with Gasteiger partial charge in [-0.2, -0.15) is 10.1 Å². The predicted molar refractivity (Wildman–Crippen MR) is 94.1 cm³/mol. The lowest BCUT2D eigenvalue weighted by molar-refractivity contribution is 0.0973. The summed E-state index contributed by atoms with van der Waals surface area (Å²) in [5, 5.41) is 11.9. The summed E-state index contributed by atoms with van der Waals surface area (Å²) in [5.74, 6) is 1.05. The molecule has 0 aromatic carbocycles. The molecule has 0 unspecified atom stereocenters. The van der Waals surface area contributed by atoms with Crippen molar-refractivity contribution in [3.8, 4) is 11.5 Å². The lowest BCUT2D eigenvalue weighted by atomic mass is 10.0. The lowest BCUT2D eigenvalue weighted by Gasteiger charge is -2.18. The molecule has 1 fully saturated rings. The molecule has 2 atom stereocenters. The molecule has 1 N–H and O–H groups in total. The van der Waals surface area contributed by atoms with Gasteiger partial charge in [-0.15, -0.1) is 0 Å². The van der Waals surface area contributed by atoms with Crippen LogP contribution in [0.4, 0.5) is 0 Å². The van der Waals surface area contributed by atoms with E-state index in [2.05, 4.69) is 25.5 Å². The first-order chi connectivity index (χ1) is 12.6. The van der Waals surface area contributed by atoms with Crippen LogP contribution in [0.2, 0.25) is 0 Å². The quantitative estimate of drug-likeness (QED) is 0.750. The Morgan fingerprint density at radius 1 is 1.35 bits per heavy atom. The molecule has 1 aliphatic heterocycles. The average Bonchev–Trinajstić information content (AvgIpc) is 3.32. The molecule has 4 rings (SSSR count). The predicted octanol–water partition coefficient (Wildman–Crippen LogP) is 2.10. The molecular weight excluding hydrogens is 332 g/mol. The van der Waals surface area contributed by atoms with E-state index >= 15 is 0 Å². The van der Waals surface area contributed by atoms with Crippen LogP contribution in [0.5, 0.6) is 0 Å². The highest BCUT2D eigenvalue weighted by Crippen LogP contribution is 2.31. The molecule has 8 nitrogen and oxygen atoms in total. The van der Waals surface area contributed by atoms with E-state index in [0.29, 0.717) is 24.0 Å². The second kappa shape index (κ2) is 6.97. The Bertz CT molecular complexity index is 903. The highest BCUT2D eigenvalue weighted by molar-refractivity contribution is 5.48. The molecule has 136 valence electrons. The van der Waals surface area contributed by atoms with Gasteiger partial charge < -0.3 is 14.6 Å². The fourth-order valence-electron chi connectivity index (χ4n) is 3.31. The van der Waals surface area contributed by atoms with Crippen LogP contribution in [0.15, 0.2) is 29.0 Å². The summed E-state index contributed by atoms with van der Waals surface area (Å²) >= 11 is 0. The summed E-state index contributed by atoms with van der Waals surface area (Å²) in [6.45, 7) is 5.23. The van der Waals surface area contributed by atoms with Gasteiger partial charge in [-0.1, -0.05) is 5.16 Å². The smallest absolute Gasteiger partial charge is 0.240 e. The zero-order chi connectivity index (χ0) is 18.1. The van der Waals surface area contributed by atoms with Gasteiger partial charge in [-0.25, -0.2) is 0 Å². The molecule has 0 radical (unpaired) electrons. The van der Waals surface area contributed by atoms with Gasteiger partial charge in [0.15, 0.2) is 0 Å². The van der Waals surface area contributed by atoms with E-state index < -0.39 is 0 Å². The Hall–Kier alpha value is -2.58. The summed E-state index contributed by atoms with van der Waals surface area (Å²) in [4.78, 5) is 8.73. The van der Waals surface area contributed by atoms with Gasteiger partial charge in [-0.3, -0.25) is 9.67 Å². The molecule has 26 heavy (non-hydrogen) atoms. The van der Waals surface area contributed by atoms with Gasteiger partial charge >= 0.3 is 0 Å². The number of pyridine rings is 1. The third-order valence-electron chi connectivity index (χ3n) is 4.58. The first kappa shape index (κ1) is 16.9. The molecular formula is C18H22N6O2. The van der Waals surface area contributed by atoms with Crippen LogP contribution >= 0.6 is 0 Å². The number of aryl methyl sites for hydroxylation is 3. The zero-order valence-corrected chi connectivity index (χ0v) is 15.1. The molecule has 3 aromatic heterocycles. The third kappa shape index (κ3) is 3.38. The SMILES string of the molecule is Cc1ccnc(-c2noc(CN[C@H]3CCO[C@@H]3c3cn(C)nc3C)n2)c1. The average molecular weight is 354 g/mol. The molecule has 0 amide bonds. The van der Waals surface area contributed by atoms with Crippen molar-refractivity contribution in [1.82, 2.24) is 30.2 Å². The van der Waals surface area contributed by atoms with Crippen LogP contribution in [0.1, 0.15) is 35.2 Å². The number of hydrogen-bond acceptors (Lipinski definition) is 7. The van der Waals surface area contributed by atoms with Crippen LogP contribution in [-0.4, -0.2) is 37.6 Å². The van der Waals surface area contributed by atoms with Gasteiger partial charge in [0, 0.05) is 37.7 Å². The molecule has 0 saturated carbocycles. The minimum Gasteiger partial charge on any atom is -0.372 e. The first-order valence-corrected chi connectivity index (χ1v) is 8.71. The maximum absolute atomic E-state index is 5.93. The van der Waals surface area contributed by atoms with E-state index in [9.17, 15) is 0 Å². The highest BCUT2D eigenvalue weighted by atomic mass is 16.5. The van der Waals surface area contributed by atoms with E-state index in [4.69, 9.17) is 9.26 Å². The second-order valence-corrected chi connectivity index (χ2v) is 6.64. The van der Waals surface area contributed by atoms with Crippen LogP contribution < -0.4 is 5.32 Å². The van der Waals surface area contributed by atoms with Gasteiger partial charge in [-0.05, 0) is 38.0 Å². The number of rotatable bonds is 5. The van der Waals surface area contributed by atoms with E-state index in [1.165, 1.54) is 0 Å². The maximum atomic E-state index is 5.93. The highest BCUT2D eigenvalue weighted by Gasteiger charge is 2.32. The fraction of sp³-hybridized carbons (Fsp3) is 0.444.